The van der Waals surface area contributed by atoms with Gasteiger partial charge in [0.1, 0.15) is 6.54 Å². The molecular weight excluding hydrogens is 468 g/mol. The van der Waals surface area contributed by atoms with Crippen LogP contribution in [0, 0.1) is 6.92 Å². The Morgan fingerprint density at radius 2 is 1.93 bits per heavy atom. The van der Waals surface area contributed by atoms with Crippen LogP contribution in [0.1, 0.15) is 11.1 Å². The van der Waals surface area contributed by atoms with Crippen LogP contribution in [0.25, 0.3) is 0 Å². The molecule has 0 bridgehead atoms. The number of carbonyl (C=O) groups excluding carboxylic acids is 1. The number of carbonyl (C=O) groups is 1. The molecule has 1 aromatic heterocycles. The lowest BCUT2D eigenvalue weighted by molar-refractivity contribution is -0.119. The summed E-state index contributed by atoms with van der Waals surface area (Å²) in [6, 6.07) is 16.7. The minimum atomic E-state index is -3.97. The molecular formula is C21H19BrN4O3S. The van der Waals surface area contributed by atoms with E-state index >= 15 is 0 Å². The van der Waals surface area contributed by atoms with Gasteiger partial charge in [-0.15, -0.1) is 0 Å². The van der Waals surface area contributed by atoms with E-state index in [1.54, 1.807) is 60.9 Å². The van der Waals surface area contributed by atoms with E-state index in [9.17, 15) is 13.2 Å². The zero-order valence-corrected chi connectivity index (χ0v) is 18.5. The van der Waals surface area contributed by atoms with Crippen LogP contribution < -0.4 is 9.73 Å². The fourth-order valence-electron chi connectivity index (χ4n) is 2.58. The molecule has 0 atom stereocenters. The van der Waals surface area contributed by atoms with Crippen molar-refractivity contribution in [2.45, 2.75) is 11.8 Å². The second-order valence-corrected chi connectivity index (χ2v) is 9.16. The summed E-state index contributed by atoms with van der Waals surface area (Å²) in [5, 5.41) is 3.88. The van der Waals surface area contributed by atoms with E-state index < -0.39 is 22.5 Å². The van der Waals surface area contributed by atoms with Gasteiger partial charge in [0.25, 0.3) is 15.9 Å². The number of halogens is 1. The largest absolute Gasteiger partial charge is 0.271 e. The van der Waals surface area contributed by atoms with Crippen LogP contribution in [-0.4, -0.2) is 32.1 Å². The van der Waals surface area contributed by atoms with Crippen molar-refractivity contribution in [1.29, 1.82) is 0 Å². The number of hydrazone groups is 1. The third-order valence-corrected chi connectivity index (χ3v) is 6.36. The molecule has 0 aliphatic carbocycles. The maximum absolute atomic E-state index is 13.3. The molecule has 0 spiro atoms. The predicted octanol–water partition coefficient (Wildman–Crippen LogP) is 3.50. The molecule has 0 saturated heterocycles. The molecule has 1 N–H and O–H groups in total. The summed E-state index contributed by atoms with van der Waals surface area (Å²) in [6.07, 6.45) is 4.65. The number of benzene rings is 2. The summed E-state index contributed by atoms with van der Waals surface area (Å²) in [5.74, 6) is -0.578. The third-order valence-electron chi connectivity index (χ3n) is 4.08. The average Bonchev–Trinajstić information content (AvgIpc) is 2.73. The zero-order valence-electron chi connectivity index (χ0n) is 16.1. The number of aromatic nitrogens is 1. The topological polar surface area (TPSA) is 91.7 Å². The van der Waals surface area contributed by atoms with E-state index in [0.717, 1.165) is 9.87 Å². The Labute approximate surface area is 183 Å². The van der Waals surface area contributed by atoms with Gasteiger partial charge in [-0.05, 0) is 43.3 Å². The Morgan fingerprint density at radius 3 is 2.60 bits per heavy atom. The number of pyridine rings is 1. The fourth-order valence-corrected chi connectivity index (χ4v) is 4.38. The number of nitrogens with one attached hydrogen (secondary N) is 1. The molecule has 0 saturated carbocycles. The molecule has 0 unspecified atom stereocenters. The quantitative estimate of drug-likeness (QED) is 0.408. The van der Waals surface area contributed by atoms with Gasteiger partial charge in [0, 0.05) is 22.4 Å². The maximum atomic E-state index is 13.3. The van der Waals surface area contributed by atoms with Gasteiger partial charge < -0.3 is 0 Å². The standard InChI is InChI=1S/C21H19BrN4O3S/c1-16-7-9-20(10-8-16)30(28,29)26(19-6-2-5-18(22)12-19)15-21(27)25-24-14-17-4-3-11-23-13-17/h2-14H,15H2,1H3,(H,25,27)/b24-14-. The number of aryl methyl sites for hydroxylation is 1. The van der Waals surface area contributed by atoms with Crippen molar-refractivity contribution in [2.24, 2.45) is 5.10 Å². The van der Waals surface area contributed by atoms with E-state index in [1.165, 1.54) is 18.3 Å². The highest BCUT2D eigenvalue weighted by Gasteiger charge is 2.27. The molecule has 7 nitrogen and oxygen atoms in total. The molecule has 2 aromatic carbocycles. The summed E-state index contributed by atoms with van der Waals surface area (Å²) in [7, 11) is -3.97. The molecule has 0 fully saturated rings. The second kappa shape index (κ2) is 9.64. The molecule has 0 radical (unpaired) electrons. The maximum Gasteiger partial charge on any atom is 0.264 e. The lowest BCUT2D eigenvalue weighted by Gasteiger charge is -2.24. The minimum absolute atomic E-state index is 0.0970. The number of anilines is 1. The molecule has 30 heavy (non-hydrogen) atoms. The molecule has 154 valence electrons. The second-order valence-electron chi connectivity index (χ2n) is 6.38. The summed E-state index contributed by atoms with van der Waals surface area (Å²) in [4.78, 5) is 16.5. The fraction of sp³-hybridized carbons (Fsp3) is 0.0952. The van der Waals surface area contributed by atoms with Gasteiger partial charge in [0.05, 0.1) is 16.8 Å². The first-order valence-corrected chi connectivity index (χ1v) is 11.2. The third kappa shape index (κ3) is 5.52. The van der Waals surface area contributed by atoms with Gasteiger partial charge in [-0.3, -0.25) is 14.1 Å². The highest BCUT2D eigenvalue weighted by molar-refractivity contribution is 9.10. The highest BCUT2D eigenvalue weighted by Crippen LogP contribution is 2.26. The van der Waals surface area contributed by atoms with E-state index in [2.05, 4.69) is 31.4 Å². The number of amides is 1. The van der Waals surface area contributed by atoms with Crippen LogP contribution in [-0.2, 0) is 14.8 Å². The molecule has 9 heteroatoms. The lowest BCUT2D eigenvalue weighted by Crippen LogP contribution is -2.39. The van der Waals surface area contributed by atoms with E-state index in [-0.39, 0.29) is 4.90 Å². The average molecular weight is 487 g/mol. The van der Waals surface area contributed by atoms with Crippen LogP contribution in [0.4, 0.5) is 5.69 Å². The summed E-state index contributed by atoms with van der Waals surface area (Å²) < 4.78 is 28.3. The van der Waals surface area contributed by atoms with Gasteiger partial charge in [0.2, 0.25) is 0 Å². The van der Waals surface area contributed by atoms with E-state index in [0.29, 0.717) is 15.7 Å². The first kappa shape index (κ1) is 21.7. The highest BCUT2D eigenvalue weighted by atomic mass is 79.9. The Balaban J connectivity index is 1.85. The summed E-state index contributed by atoms with van der Waals surface area (Å²) >= 11 is 3.35. The number of hydrogen-bond acceptors (Lipinski definition) is 5. The van der Waals surface area contributed by atoms with E-state index in [1.807, 2.05) is 6.92 Å². The molecule has 0 aliphatic rings. The van der Waals surface area contributed by atoms with Crippen molar-refractivity contribution in [3.8, 4) is 0 Å². The van der Waals surface area contributed by atoms with E-state index in [4.69, 9.17) is 0 Å². The smallest absolute Gasteiger partial charge is 0.264 e. The Kier molecular flexibility index (Phi) is 6.96. The van der Waals surface area contributed by atoms with Crippen LogP contribution in [0.5, 0.6) is 0 Å². The van der Waals surface area contributed by atoms with Crippen molar-refractivity contribution in [3.63, 3.8) is 0 Å². The van der Waals surface area contributed by atoms with Crippen LogP contribution in [0.2, 0.25) is 0 Å². The van der Waals surface area contributed by atoms with Crippen molar-refractivity contribution in [1.82, 2.24) is 10.4 Å². The van der Waals surface area contributed by atoms with Crippen LogP contribution in [0.15, 0.2) is 87.5 Å². The summed E-state index contributed by atoms with van der Waals surface area (Å²) in [6.45, 7) is 1.44. The first-order valence-electron chi connectivity index (χ1n) is 8.93. The van der Waals surface area contributed by atoms with Crippen LogP contribution >= 0.6 is 15.9 Å². The molecule has 0 aliphatic heterocycles. The van der Waals surface area contributed by atoms with Gasteiger partial charge in [-0.25, -0.2) is 13.8 Å². The number of hydrogen-bond donors (Lipinski definition) is 1. The van der Waals surface area contributed by atoms with Crippen molar-refractivity contribution in [3.05, 3.63) is 88.7 Å². The monoisotopic (exact) mass is 486 g/mol. The SMILES string of the molecule is Cc1ccc(S(=O)(=O)N(CC(=O)N/N=C\c2cccnc2)c2cccc(Br)c2)cc1. The molecule has 3 rings (SSSR count). The zero-order chi connectivity index (χ0) is 21.6. The van der Waals surface area contributed by atoms with Gasteiger partial charge in [0.15, 0.2) is 0 Å². The van der Waals surface area contributed by atoms with Gasteiger partial charge in [-0.1, -0.05) is 45.8 Å². The molecule has 1 heterocycles. The van der Waals surface area contributed by atoms with Crippen molar-refractivity contribution in [2.75, 3.05) is 10.8 Å². The first-order chi connectivity index (χ1) is 14.4. The number of rotatable bonds is 7. The van der Waals surface area contributed by atoms with Gasteiger partial charge >= 0.3 is 0 Å². The molecule has 1 amide bonds. The minimum Gasteiger partial charge on any atom is -0.271 e. The van der Waals surface area contributed by atoms with Crippen molar-refractivity contribution >= 4 is 43.8 Å². The Bertz CT molecular complexity index is 1150. The summed E-state index contributed by atoms with van der Waals surface area (Å²) in [5.41, 5.74) is 4.36. The molecule has 3 aromatic rings. The van der Waals surface area contributed by atoms with Crippen molar-refractivity contribution < 1.29 is 13.2 Å². The Morgan fingerprint density at radius 1 is 1.17 bits per heavy atom. The number of nitrogens with zero attached hydrogens (tertiary/aromatic N) is 3. The lowest BCUT2D eigenvalue weighted by atomic mass is 10.2. The number of sulfonamides is 1. The predicted molar refractivity (Wildman–Crippen MR) is 120 cm³/mol. The normalized spacial score (nSPS) is 11.4. The van der Waals surface area contributed by atoms with Crippen LogP contribution in [0.3, 0.4) is 0 Å². The van der Waals surface area contributed by atoms with Gasteiger partial charge in [-0.2, -0.15) is 5.10 Å². The Hall–Kier alpha value is -3.04.